The third-order valence-electron chi connectivity index (χ3n) is 6.88. The van der Waals surface area contributed by atoms with Crippen LogP contribution in [0.2, 0.25) is 0 Å². The smallest absolute Gasteiger partial charge is 0.241 e. The lowest BCUT2D eigenvalue weighted by Gasteiger charge is -2.32. The predicted octanol–water partition coefficient (Wildman–Crippen LogP) is 4.71. The molecule has 3 aromatic rings. The summed E-state index contributed by atoms with van der Waals surface area (Å²) in [4.78, 5) is 11.1. The fraction of sp³-hybridized carbons (Fsp3) is 0.448. The first-order valence-corrected chi connectivity index (χ1v) is 14.4. The first-order chi connectivity index (χ1) is 19.0. The number of ether oxygens (including phenoxy) is 2. The highest BCUT2D eigenvalue weighted by molar-refractivity contribution is 7.16. The second kappa shape index (κ2) is 14.2. The van der Waals surface area contributed by atoms with E-state index in [1.807, 2.05) is 19.2 Å². The van der Waals surface area contributed by atoms with Crippen LogP contribution in [-0.4, -0.2) is 78.9 Å². The standard InChI is InChI=1S/C29H40N6O3S/c1-4-5-6-26(38-24-13-9-22(10-14-24)28(30)33-36)37-23-11-7-21(8-12-23)27-25(39-29(31-2)32-27)15-16-35-19-17-34(3)18-20-35/h7-14,26,36H,4-6,15-20H2,1-3H3,(H2,30,33)(H,31,32). The van der Waals surface area contributed by atoms with Crippen molar-refractivity contribution in [3.05, 3.63) is 59.0 Å². The maximum atomic E-state index is 8.88. The fourth-order valence-electron chi connectivity index (χ4n) is 4.45. The number of anilines is 1. The molecule has 1 aliphatic rings. The third kappa shape index (κ3) is 8.08. The normalized spacial score (nSPS) is 15.7. The number of oxime groups is 1. The van der Waals surface area contributed by atoms with Gasteiger partial charge in [0, 0.05) is 62.2 Å². The van der Waals surface area contributed by atoms with E-state index in [9.17, 15) is 0 Å². The zero-order valence-corrected chi connectivity index (χ0v) is 23.9. The summed E-state index contributed by atoms with van der Waals surface area (Å²) in [7, 11) is 4.11. The minimum atomic E-state index is -0.431. The summed E-state index contributed by atoms with van der Waals surface area (Å²) < 4.78 is 12.4. The number of hydrogen-bond donors (Lipinski definition) is 3. The monoisotopic (exact) mass is 552 g/mol. The fourth-order valence-corrected chi connectivity index (χ4v) is 5.38. The van der Waals surface area contributed by atoms with Gasteiger partial charge in [-0.3, -0.25) is 0 Å². The molecule has 0 saturated carbocycles. The quantitative estimate of drug-likeness (QED) is 0.0920. The molecule has 1 unspecified atom stereocenters. The lowest BCUT2D eigenvalue weighted by Crippen LogP contribution is -2.45. The number of amidine groups is 1. The molecule has 4 N–H and O–H groups in total. The molecule has 2 heterocycles. The van der Waals surface area contributed by atoms with Gasteiger partial charge in [0.15, 0.2) is 11.0 Å². The Balaban J connectivity index is 1.42. The molecule has 1 saturated heterocycles. The number of rotatable bonds is 13. The van der Waals surface area contributed by atoms with Crippen molar-refractivity contribution in [3.63, 3.8) is 0 Å². The summed E-state index contributed by atoms with van der Waals surface area (Å²) in [5.41, 5.74) is 8.41. The Kier molecular flexibility index (Phi) is 10.4. The van der Waals surface area contributed by atoms with E-state index in [0.29, 0.717) is 11.3 Å². The molecule has 2 aromatic carbocycles. The molecule has 1 fully saturated rings. The number of thiazole rings is 1. The van der Waals surface area contributed by atoms with Gasteiger partial charge >= 0.3 is 0 Å². The van der Waals surface area contributed by atoms with Gasteiger partial charge in [-0.15, -0.1) is 11.3 Å². The Morgan fingerprint density at radius 3 is 2.31 bits per heavy atom. The number of nitrogens with one attached hydrogen (secondary N) is 1. The molecule has 0 spiro atoms. The van der Waals surface area contributed by atoms with Gasteiger partial charge in [0.05, 0.1) is 5.69 Å². The molecule has 0 radical (unpaired) electrons. The molecule has 1 aliphatic heterocycles. The molecule has 1 atom stereocenters. The van der Waals surface area contributed by atoms with Crippen molar-refractivity contribution >= 4 is 22.3 Å². The van der Waals surface area contributed by atoms with Gasteiger partial charge in [-0.25, -0.2) is 4.98 Å². The third-order valence-corrected chi connectivity index (χ3v) is 8.01. The van der Waals surface area contributed by atoms with Gasteiger partial charge in [0.2, 0.25) is 6.29 Å². The van der Waals surface area contributed by atoms with Crippen molar-refractivity contribution in [1.29, 1.82) is 0 Å². The van der Waals surface area contributed by atoms with E-state index in [0.717, 1.165) is 80.5 Å². The van der Waals surface area contributed by atoms with Crippen LogP contribution in [0.5, 0.6) is 11.5 Å². The van der Waals surface area contributed by atoms with Crippen LogP contribution in [0.15, 0.2) is 53.7 Å². The Morgan fingerprint density at radius 2 is 1.72 bits per heavy atom. The summed E-state index contributed by atoms with van der Waals surface area (Å²) >= 11 is 1.73. The van der Waals surface area contributed by atoms with Crippen LogP contribution in [0.3, 0.4) is 0 Å². The van der Waals surface area contributed by atoms with Gasteiger partial charge in [-0.05, 0) is 68.4 Å². The number of likely N-dealkylation sites (N-methyl/N-ethyl adjacent to an activating group) is 1. The van der Waals surface area contributed by atoms with E-state index in [1.165, 1.54) is 4.88 Å². The zero-order chi connectivity index (χ0) is 27.6. The molecule has 1 aromatic heterocycles. The van der Waals surface area contributed by atoms with Crippen molar-refractivity contribution in [2.45, 2.75) is 38.9 Å². The van der Waals surface area contributed by atoms with E-state index in [-0.39, 0.29) is 5.84 Å². The number of piperazine rings is 1. The van der Waals surface area contributed by atoms with Crippen LogP contribution in [0.25, 0.3) is 11.3 Å². The maximum Gasteiger partial charge on any atom is 0.241 e. The van der Waals surface area contributed by atoms with E-state index in [4.69, 9.17) is 25.4 Å². The number of unbranched alkanes of at least 4 members (excludes halogenated alkanes) is 1. The lowest BCUT2D eigenvalue weighted by atomic mass is 10.1. The van der Waals surface area contributed by atoms with E-state index >= 15 is 0 Å². The maximum absolute atomic E-state index is 8.88. The van der Waals surface area contributed by atoms with Gasteiger partial charge < -0.3 is 35.5 Å². The molecular formula is C29H40N6O3S. The number of nitrogens with zero attached hydrogens (tertiary/aromatic N) is 4. The summed E-state index contributed by atoms with van der Waals surface area (Å²) in [6.45, 7) is 7.68. The summed E-state index contributed by atoms with van der Waals surface area (Å²) in [5.74, 6) is 1.47. The van der Waals surface area contributed by atoms with E-state index in [1.54, 1.807) is 35.6 Å². The van der Waals surface area contributed by atoms with Crippen LogP contribution in [0.4, 0.5) is 5.13 Å². The van der Waals surface area contributed by atoms with Crippen molar-refractivity contribution in [2.24, 2.45) is 10.9 Å². The van der Waals surface area contributed by atoms with Gasteiger partial charge in [-0.2, -0.15) is 0 Å². The SMILES string of the molecule is CCCCC(Oc1ccc(C(N)=NO)cc1)Oc1ccc(-c2nc(NC)sc2CCN2CCN(C)CC2)cc1. The molecule has 39 heavy (non-hydrogen) atoms. The Morgan fingerprint density at radius 1 is 1.08 bits per heavy atom. The molecule has 10 heteroatoms. The molecule has 0 amide bonds. The minimum absolute atomic E-state index is 0.0601. The van der Waals surface area contributed by atoms with Crippen LogP contribution >= 0.6 is 11.3 Å². The average Bonchev–Trinajstić information content (AvgIpc) is 3.39. The number of hydrogen-bond acceptors (Lipinski definition) is 9. The molecular weight excluding hydrogens is 512 g/mol. The second-order valence-corrected chi connectivity index (χ2v) is 10.9. The second-order valence-electron chi connectivity index (χ2n) is 9.78. The Labute approximate surface area is 235 Å². The first kappa shape index (κ1) is 28.7. The van der Waals surface area contributed by atoms with Gasteiger partial charge in [0.1, 0.15) is 11.5 Å². The predicted molar refractivity (Wildman–Crippen MR) is 158 cm³/mol. The largest absolute Gasteiger partial charge is 0.455 e. The Hall–Kier alpha value is -3.34. The van der Waals surface area contributed by atoms with Crippen molar-refractivity contribution < 1.29 is 14.7 Å². The van der Waals surface area contributed by atoms with Crippen LogP contribution in [0, 0.1) is 0 Å². The lowest BCUT2D eigenvalue weighted by molar-refractivity contribution is -0.00211. The van der Waals surface area contributed by atoms with Crippen LogP contribution in [-0.2, 0) is 6.42 Å². The topological polar surface area (TPSA) is 108 Å². The Bertz CT molecular complexity index is 1190. The average molecular weight is 553 g/mol. The highest BCUT2D eigenvalue weighted by Crippen LogP contribution is 2.33. The van der Waals surface area contributed by atoms with Crippen molar-refractivity contribution in [1.82, 2.24) is 14.8 Å². The van der Waals surface area contributed by atoms with Crippen LogP contribution < -0.4 is 20.5 Å². The molecule has 9 nitrogen and oxygen atoms in total. The minimum Gasteiger partial charge on any atom is -0.455 e. The number of nitrogens with two attached hydrogens (primary N) is 1. The van der Waals surface area contributed by atoms with Crippen molar-refractivity contribution in [3.8, 4) is 22.8 Å². The highest BCUT2D eigenvalue weighted by Gasteiger charge is 2.18. The molecule has 0 aliphatic carbocycles. The number of benzene rings is 2. The molecule has 0 bridgehead atoms. The van der Waals surface area contributed by atoms with Gasteiger partial charge in [0.25, 0.3) is 0 Å². The number of aromatic nitrogens is 1. The zero-order valence-electron chi connectivity index (χ0n) is 23.1. The first-order valence-electron chi connectivity index (χ1n) is 13.6. The highest BCUT2D eigenvalue weighted by atomic mass is 32.1. The van der Waals surface area contributed by atoms with E-state index in [2.05, 4.69) is 46.4 Å². The van der Waals surface area contributed by atoms with Gasteiger partial charge in [-0.1, -0.05) is 18.5 Å². The van der Waals surface area contributed by atoms with Crippen LogP contribution in [0.1, 0.15) is 36.6 Å². The summed E-state index contributed by atoms with van der Waals surface area (Å²) in [6.07, 6.45) is 3.33. The molecule has 4 rings (SSSR count). The summed E-state index contributed by atoms with van der Waals surface area (Å²) in [5, 5.41) is 16.1. The summed E-state index contributed by atoms with van der Waals surface area (Å²) in [6, 6.07) is 15.2. The van der Waals surface area contributed by atoms with Crippen molar-refractivity contribution in [2.75, 3.05) is 52.1 Å². The molecule has 210 valence electrons. The van der Waals surface area contributed by atoms with E-state index < -0.39 is 6.29 Å².